The lowest BCUT2D eigenvalue weighted by Gasteiger charge is -2.26. The molecule has 0 saturated heterocycles. The minimum atomic E-state index is -0.352. The molecule has 6 aromatic carbocycles. The fourth-order valence-electron chi connectivity index (χ4n) is 8.90. The molecule has 52 heavy (non-hydrogen) atoms. The van der Waals surface area contributed by atoms with E-state index in [0.29, 0.717) is 17.5 Å². The Morgan fingerprint density at radius 1 is 0.423 bits per heavy atom. The summed E-state index contributed by atoms with van der Waals surface area (Å²) < 4.78 is 2.44. The maximum atomic E-state index is 5.15. The highest BCUT2D eigenvalue weighted by atomic mass is 15.0. The van der Waals surface area contributed by atoms with E-state index in [2.05, 4.69) is 132 Å². The molecule has 4 heterocycles. The van der Waals surface area contributed by atoms with Gasteiger partial charge in [-0.25, -0.2) is 15.0 Å². The van der Waals surface area contributed by atoms with Gasteiger partial charge >= 0.3 is 0 Å². The largest absolute Gasteiger partial charge is 0.308 e. The first-order chi connectivity index (χ1) is 25.6. The average Bonchev–Trinajstić information content (AvgIpc) is 3.81. The van der Waals surface area contributed by atoms with Gasteiger partial charge in [-0.3, -0.25) is 4.98 Å². The summed E-state index contributed by atoms with van der Waals surface area (Å²) in [7, 11) is 0. The molecule has 11 rings (SSSR count). The van der Waals surface area contributed by atoms with Crippen molar-refractivity contribution in [2.75, 3.05) is 0 Å². The number of aromatic nitrogens is 5. The average molecular weight is 666 g/mol. The Balaban J connectivity index is 1.14. The van der Waals surface area contributed by atoms with E-state index in [0.717, 1.165) is 16.7 Å². The van der Waals surface area contributed by atoms with Gasteiger partial charge < -0.3 is 4.40 Å². The van der Waals surface area contributed by atoms with Crippen LogP contribution < -0.4 is 0 Å². The van der Waals surface area contributed by atoms with E-state index in [9.17, 15) is 0 Å². The van der Waals surface area contributed by atoms with Gasteiger partial charge in [-0.15, -0.1) is 0 Å². The van der Waals surface area contributed by atoms with Crippen molar-refractivity contribution in [3.05, 3.63) is 163 Å². The molecule has 0 aliphatic heterocycles. The van der Waals surface area contributed by atoms with Crippen LogP contribution in [0.2, 0.25) is 0 Å². The third kappa shape index (κ3) is 3.99. The van der Waals surface area contributed by atoms with Crippen LogP contribution in [0.15, 0.2) is 152 Å². The van der Waals surface area contributed by atoms with Gasteiger partial charge in [0.2, 0.25) is 0 Å². The number of hydrogen-bond acceptors (Lipinski definition) is 4. The van der Waals surface area contributed by atoms with Crippen LogP contribution in [0, 0.1) is 0 Å². The van der Waals surface area contributed by atoms with E-state index in [1.165, 1.54) is 71.5 Å². The van der Waals surface area contributed by atoms with Crippen molar-refractivity contribution >= 4 is 38.1 Å². The van der Waals surface area contributed by atoms with Crippen LogP contribution >= 0.6 is 0 Å². The number of para-hydroxylation sites is 2. The summed E-state index contributed by atoms with van der Waals surface area (Å²) in [6, 6.07) is 49.8. The van der Waals surface area contributed by atoms with Crippen LogP contribution in [0.5, 0.6) is 0 Å². The van der Waals surface area contributed by atoms with Crippen LogP contribution in [0.25, 0.3) is 94.5 Å². The zero-order valence-corrected chi connectivity index (χ0v) is 28.7. The van der Waals surface area contributed by atoms with E-state index in [1.54, 1.807) is 12.4 Å². The molecule has 0 N–H and O–H groups in total. The number of fused-ring (bicyclic) bond motifs is 9. The van der Waals surface area contributed by atoms with Gasteiger partial charge in [0.1, 0.15) is 0 Å². The Morgan fingerprint density at radius 3 is 1.56 bits per heavy atom. The van der Waals surface area contributed by atoms with Gasteiger partial charge in [0.05, 0.1) is 16.6 Å². The Labute approximate surface area is 300 Å². The molecule has 10 aromatic rings. The van der Waals surface area contributed by atoms with Crippen molar-refractivity contribution in [3.63, 3.8) is 0 Å². The summed E-state index contributed by atoms with van der Waals surface area (Å²) in [5, 5.41) is 5.13. The molecular weight excluding hydrogens is 635 g/mol. The Bertz CT molecular complexity index is 2890. The van der Waals surface area contributed by atoms with Crippen LogP contribution in [-0.4, -0.2) is 24.3 Å². The van der Waals surface area contributed by atoms with E-state index in [-0.39, 0.29) is 5.41 Å². The monoisotopic (exact) mass is 665 g/mol. The molecule has 0 unspecified atom stereocenters. The smallest absolute Gasteiger partial charge is 0.164 e. The summed E-state index contributed by atoms with van der Waals surface area (Å²) in [5.74, 6) is 1.94. The second-order valence-electron chi connectivity index (χ2n) is 14.3. The first kappa shape index (κ1) is 29.1. The third-order valence-corrected chi connectivity index (χ3v) is 11.0. The molecule has 5 nitrogen and oxygen atoms in total. The van der Waals surface area contributed by atoms with Crippen molar-refractivity contribution in [1.82, 2.24) is 24.3 Å². The van der Waals surface area contributed by atoms with Crippen molar-refractivity contribution in [3.8, 4) is 56.4 Å². The highest BCUT2D eigenvalue weighted by molar-refractivity contribution is 6.24. The first-order valence-corrected chi connectivity index (χ1v) is 17.7. The van der Waals surface area contributed by atoms with Crippen molar-refractivity contribution in [2.45, 2.75) is 19.3 Å². The lowest BCUT2D eigenvalue weighted by atomic mass is 9.77. The highest BCUT2D eigenvalue weighted by Gasteiger charge is 2.40. The van der Waals surface area contributed by atoms with Gasteiger partial charge in [0.15, 0.2) is 17.5 Å². The maximum Gasteiger partial charge on any atom is 0.164 e. The number of rotatable bonds is 4. The van der Waals surface area contributed by atoms with E-state index >= 15 is 0 Å². The quantitative estimate of drug-likeness (QED) is 0.188. The Kier molecular flexibility index (Phi) is 5.95. The molecule has 1 aliphatic carbocycles. The van der Waals surface area contributed by atoms with Gasteiger partial charge in [0, 0.05) is 56.0 Å². The second kappa shape index (κ2) is 10.6. The summed E-state index contributed by atoms with van der Waals surface area (Å²) in [6.45, 7) is 4.71. The first-order valence-electron chi connectivity index (χ1n) is 17.7. The van der Waals surface area contributed by atoms with Crippen LogP contribution in [0.4, 0.5) is 0 Å². The summed E-state index contributed by atoms with van der Waals surface area (Å²) in [4.78, 5) is 19.5. The minimum absolute atomic E-state index is 0.352. The predicted octanol–water partition coefficient (Wildman–Crippen LogP) is 11.4. The highest BCUT2D eigenvalue weighted by Crippen LogP contribution is 2.55. The molecule has 5 heteroatoms. The fourth-order valence-corrected chi connectivity index (χ4v) is 8.90. The predicted molar refractivity (Wildman–Crippen MR) is 212 cm³/mol. The normalized spacial score (nSPS) is 13.3. The Morgan fingerprint density at radius 2 is 0.923 bits per heavy atom. The topological polar surface area (TPSA) is 56.0 Å². The summed E-state index contributed by atoms with van der Waals surface area (Å²) in [6.07, 6.45) is 3.56. The summed E-state index contributed by atoms with van der Waals surface area (Å²) in [5.41, 5.74) is 13.8. The molecule has 0 radical (unpaired) electrons. The minimum Gasteiger partial charge on any atom is -0.308 e. The van der Waals surface area contributed by atoms with Crippen molar-refractivity contribution < 1.29 is 0 Å². The van der Waals surface area contributed by atoms with Gasteiger partial charge in [0.25, 0.3) is 0 Å². The molecule has 1 aliphatic rings. The van der Waals surface area contributed by atoms with E-state index in [1.807, 2.05) is 30.3 Å². The number of hydrogen-bond donors (Lipinski definition) is 0. The van der Waals surface area contributed by atoms with Crippen LogP contribution in [0.1, 0.15) is 25.0 Å². The van der Waals surface area contributed by atoms with Gasteiger partial charge in [-0.2, -0.15) is 0 Å². The van der Waals surface area contributed by atoms with Gasteiger partial charge in [-0.1, -0.05) is 117 Å². The molecule has 0 amide bonds. The molecular formula is C47H31N5. The zero-order chi connectivity index (χ0) is 34.6. The second-order valence-corrected chi connectivity index (χ2v) is 14.3. The standard InChI is InChI=1S/C47H31N5/c1-47(2)41-31(30-26-37-32-14-6-8-20-39(32)52-40-21-9-7-15-33(40)38(27-30)43(37)52)16-10-17-34(41)35-18-11-19-36(42(35)47)46-50-44(28-12-4-3-5-13-28)49-45(51-46)29-22-24-48-25-23-29/h3-27H,1-2H3. The van der Waals surface area contributed by atoms with Crippen LogP contribution in [-0.2, 0) is 5.41 Å². The number of pyridine rings is 1. The van der Waals surface area contributed by atoms with Gasteiger partial charge in [-0.05, 0) is 69.8 Å². The number of nitrogens with zero attached hydrogens (tertiary/aromatic N) is 5. The molecule has 0 atom stereocenters. The zero-order valence-electron chi connectivity index (χ0n) is 28.7. The van der Waals surface area contributed by atoms with E-state index < -0.39 is 0 Å². The molecule has 0 spiro atoms. The lowest BCUT2D eigenvalue weighted by Crippen LogP contribution is -2.18. The summed E-state index contributed by atoms with van der Waals surface area (Å²) >= 11 is 0. The van der Waals surface area contributed by atoms with E-state index in [4.69, 9.17) is 15.0 Å². The Hall–Kier alpha value is -6.72. The van der Waals surface area contributed by atoms with Crippen molar-refractivity contribution in [2.24, 2.45) is 0 Å². The molecule has 4 aromatic heterocycles. The van der Waals surface area contributed by atoms with Crippen LogP contribution in [0.3, 0.4) is 0 Å². The fraction of sp³-hybridized carbons (Fsp3) is 0.0638. The molecule has 0 bridgehead atoms. The SMILES string of the molecule is CC1(C)c2c(-c3cc4c5ccccc5n5c6ccccc6c(c3)c45)cccc2-c2cccc(-c3nc(-c4ccccc4)nc(-c4ccncc4)n3)c21. The molecule has 244 valence electrons. The number of benzene rings is 6. The molecule has 0 fully saturated rings. The molecule has 0 saturated carbocycles. The lowest BCUT2D eigenvalue weighted by molar-refractivity contribution is 0.663. The maximum absolute atomic E-state index is 5.15. The third-order valence-electron chi connectivity index (χ3n) is 11.0. The van der Waals surface area contributed by atoms with Crippen molar-refractivity contribution in [1.29, 1.82) is 0 Å².